The number of carbonyl (C=O) groups is 2. The van der Waals surface area contributed by atoms with Crippen LogP contribution >= 0.6 is 62.3 Å². The fourth-order valence-electron chi connectivity index (χ4n) is 7.05. The highest BCUT2D eigenvalue weighted by Gasteiger charge is 2.44. The summed E-state index contributed by atoms with van der Waals surface area (Å²) in [6, 6.07) is 31.9. The number of hydrogen-bond donors (Lipinski definition) is 3. The van der Waals surface area contributed by atoms with Gasteiger partial charge in [0, 0.05) is 54.9 Å². The number of rotatable bonds is 11. The summed E-state index contributed by atoms with van der Waals surface area (Å²) in [6.07, 6.45) is 0.123. The monoisotopic (exact) mass is 849 g/mol. The first-order chi connectivity index (χ1) is 25.5. The maximum absolute atomic E-state index is 14.8. The minimum absolute atomic E-state index is 0.0257. The highest BCUT2D eigenvalue weighted by molar-refractivity contribution is 9.10. The number of anilines is 1. The van der Waals surface area contributed by atoms with Crippen LogP contribution in [0.15, 0.2) is 108 Å². The number of benzene rings is 5. The Hall–Kier alpha value is -3.60. The zero-order chi connectivity index (χ0) is 37.3. The lowest BCUT2D eigenvalue weighted by Gasteiger charge is -2.37. The van der Waals surface area contributed by atoms with Crippen LogP contribution in [0.25, 0.3) is 0 Å². The molecule has 0 spiro atoms. The average molecular weight is 852 g/mol. The summed E-state index contributed by atoms with van der Waals surface area (Å²) in [7, 11) is 0. The van der Waals surface area contributed by atoms with Crippen molar-refractivity contribution in [2.75, 3.05) is 5.32 Å². The topological polar surface area (TPSA) is 90.7 Å². The van der Waals surface area contributed by atoms with Gasteiger partial charge >= 0.3 is 0 Å². The lowest BCUT2D eigenvalue weighted by molar-refractivity contribution is -0.141. The molecule has 0 saturated heterocycles. The predicted molar refractivity (Wildman–Crippen MR) is 217 cm³/mol. The second-order valence-electron chi connectivity index (χ2n) is 13.6. The molecule has 5 aromatic rings. The number of nitrogens with two attached hydrogens (primary N) is 1. The Bertz CT molecular complexity index is 2160. The third-order valence-corrected chi connectivity index (χ3v) is 12.5. The van der Waals surface area contributed by atoms with Gasteiger partial charge in [-0.2, -0.15) is 0 Å². The van der Waals surface area contributed by atoms with Crippen LogP contribution in [0, 0.1) is 0 Å². The molecule has 0 fully saturated rings. The molecule has 0 aromatic heterocycles. The van der Waals surface area contributed by atoms with Gasteiger partial charge in [0.15, 0.2) is 5.66 Å². The van der Waals surface area contributed by atoms with Crippen molar-refractivity contribution in [1.29, 1.82) is 0 Å². The van der Waals surface area contributed by atoms with E-state index in [4.69, 9.17) is 52.1 Å². The first kappa shape index (κ1) is 37.7. The summed E-state index contributed by atoms with van der Waals surface area (Å²) in [6.45, 7) is 2.25. The van der Waals surface area contributed by atoms with Crippen LogP contribution in [0.1, 0.15) is 38.9 Å². The van der Waals surface area contributed by atoms with Crippen LogP contribution in [0.4, 0.5) is 5.69 Å². The fourth-order valence-corrected chi connectivity index (χ4v) is 8.36. The van der Waals surface area contributed by atoms with E-state index in [9.17, 15) is 9.59 Å². The Morgan fingerprint density at radius 3 is 2.09 bits per heavy atom. The minimum Gasteiger partial charge on any atom is -0.381 e. The number of fused-ring (bicyclic) bond motifs is 2. The maximum Gasteiger partial charge on any atom is 0.258 e. The van der Waals surface area contributed by atoms with Crippen molar-refractivity contribution in [2.45, 2.75) is 57.3 Å². The van der Waals surface area contributed by atoms with Crippen LogP contribution in [-0.2, 0) is 55.2 Å². The van der Waals surface area contributed by atoms with Gasteiger partial charge in [0.25, 0.3) is 5.91 Å². The van der Waals surface area contributed by atoms with Gasteiger partial charge in [-0.3, -0.25) is 14.9 Å². The molecule has 0 aliphatic carbocycles. The van der Waals surface area contributed by atoms with Crippen LogP contribution < -0.4 is 16.4 Å². The lowest BCUT2D eigenvalue weighted by atomic mass is 9.95. The van der Waals surface area contributed by atoms with Crippen LogP contribution in [0.2, 0.25) is 20.1 Å². The first-order valence-electron chi connectivity index (χ1n) is 17.1. The maximum atomic E-state index is 14.8. The summed E-state index contributed by atoms with van der Waals surface area (Å²) in [5, 5.41) is 8.50. The Labute approximate surface area is 337 Å². The van der Waals surface area contributed by atoms with Gasteiger partial charge in [-0.25, -0.2) is 0 Å². The predicted octanol–water partition coefficient (Wildman–Crippen LogP) is 9.16. The quantitative estimate of drug-likeness (QED) is 0.0912. The molecule has 7 nitrogen and oxygen atoms in total. The Morgan fingerprint density at radius 1 is 0.736 bits per heavy atom. The molecule has 0 saturated carbocycles. The third kappa shape index (κ3) is 8.40. The van der Waals surface area contributed by atoms with Crippen molar-refractivity contribution < 1.29 is 9.59 Å². The highest BCUT2D eigenvalue weighted by atomic mass is 79.9. The van der Waals surface area contributed by atoms with Gasteiger partial charge in [0.2, 0.25) is 5.91 Å². The molecule has 0 radical (unpaired) electrons. The van der Waals surface area contributed by atoms with Crippen molar-refractivity contribution in [2.24, 2.45) is 5.73 Å². The fraction of sp³-hybridized carbons (Fsp3) is 0.220. The van der Waals surface area contributed by atoms with Crippen molar-refractivity contribution in [3.05, 3.63) is 167 Å². The number of amides is 2. The van der Waals surface area contributed by atoms with Crippen molar-refractivity contribution in [1.82, 2.24) is 15.1 Å². The Balaban J connectivity index is 1.19. The van der Waals surface area contributed by atoms with E-state index in [1.807, 2.05) is 48.5 Å². The molecule has 272 valence electrons. The molecule has 2 aliphatic rings. The van der Waals surface area contributed by atoms with Gasteiger partial charge < -0.3 is 20.9 Å². The molecule has 0 bridgehead atoms. The van der Waals surface area contributed by atoms with Crippen molar-refractivity contribution >= 4 is 79.8 Å². The van der Waals surface area contributed by atoms with E-state index in [2.05, 4.69) is 50.8 Å². The standard InChI is InChI=1S/C41H36BrCl4N5O2/c42-37-34(44)15-12-27(38(37)46)19-41(47,40(53)51-22-28-8-4-5-9-29(28)23-51)49-36(17-26-10-13-32(43)18-35(26)45)39(52)50-21-30-11-14-33(16-31(30)24-50)48-20-25-6-2-1-3-7-25/h1-16,18,36,48-49H,17,19-24,47H2/t36?,41-/m1/s1. The summed E-state index contributed by atoms with van der Waals surface area (Å²) >= 11 is 29.5. The Kier molecular flexibility index (Phi) is 11.4. The van der Waals surface area contributed by atoms with E-state index in [-0.39, 0.29) is 24.7 Å². The van der Waals surface area contributed by atoms with Crippen LogP contribution in [0.3, 0.4) is 0 Å². The third-order valence-electron chi connectivity index (χ3n) is 9.84. The van der Waals surface area contributed by atoms with E-state index in [0.29, 0.717) is 68.4 Å². The van der Waals surface area contributed by atoms with E-state index in [0.717, 1.165) is 27.9 Å². The zero-order valence-corrected chi connectivity index (χ0v) is 33.1. The summed E-state index contributed by atoms with van der Waals surface area (Å²) in [5.41, 5.74) is 13.1. The number of nitrogens with one attached hydrogen (secondary N) is 2. The van der Waals surface area contributed by atoms with E-state index >= 15 is 0 Å². The smallest absolute Gasteiger partial charge is 0.258 e. The number of halogens is 5. The summed E-state index contributed by atoms with van der Waals surface area (Å²) in [5.74, 6) is -0.587. The van der Waals surface area contributed by atoms with Gasteiger partial charge in [-0.15, -0.1) is 0 Å². The molecule has 2 heterocycles. The SMILES string of the molecule is N[C@](Cc1ccc(Cl)c(Br)c1Cl)(NC(Cc1ccc(Cl)cc1Cl)C(=O)N1Cc2ccc(NCc3ccccc3)cc2C1)C(=O)N1Cc2ccccc2C1. The zero-order valence-electron chi connectivity index (χ0n) is 28.5. The normalized spacial score (nSPS) is 15.1. The number of carbonyl (C=O) groups excluding carboxylic acids is 2. The first-order valence-corrected chi connectivity index (χ1v) is 19.5. The second kappa shape index (κ2) is 16.0. The number of nitrogens with zero attached hydrogens (tertiary/aromatic N) is 2. The molecule has 7 rings (SSSR count). The van der Waals surface area contributed by atoms with Gasteiger partial charge in [-0.1, -0.05) is 119 Å². The molecule has 1 unspecified atom stereocenters. The summed E-state index contributed by atoms with van der Waals surface area (Å²) < 4.78 is 0.495. The second-order valence-corrected chi connectivity index (χ2v) is 16.0. The van der Waals surface area contributed by atoms with Crippen molar-refractivity contribution in [3.8, 4) is 0 Å². The average Bonchev–Trinajstić information content (AvgIpc) is 3.79. The molecule has 2 atom stereocenters. The molecule has 4 N–H and O–H groups in total. The van der Waals surface area contributed by atoms with Crippen LogP contribution in [0.5, 0.6) is 0 Å². The van der Waals surface area contributed by atoms with Crippen LogP contribution in [-0.4, -0.2) is 33.3 Å². The van der Waals surface area contributed by atoms with E-state index in [1.54, 1.807) is 40.1 Å². The largest absolute Gasteiger partial charge is 0.381 e. The molecular formula is C41H36BrCl4N5O2. The minimum atomic E-state index is -1.76. The molecule has 5 aromatic carbocycles. The molecule has 12 heteroatoms. The van der Waals surface area contributed by atoms with Crippen molar-refractivity contribution in [3.63, 3.8) is 0 Å². The molecule has 2 aliphatic heterocycles. The van der Waals surface area contributed by atoms with Gasteiger partial charge in [-0.05, 0) is 91.6 Å². The lowest BCUT2D eigenvalue weighted by Crippen LogP contribution is -2.69. The van der Waals surface area contributed by atoms with E-state index in [1.165, 1.54) is 5.56 Å². The molecule has 2 amide bonds. The van der Waals surface area contributed by atoms with E-state index < -0.39 is 11.7 Å². The van der Waals surface area contributed by atoms with Gasteiger partial charge in [0.05, 0.1) is 20.6 Å². The number of hydrogen-bond acceptors (Lipinski definition) is 5. The van der Waals surface area contributed by atoms with Gasteiger partial charge in [0.1, 0.15) is 0 Å². The Morgan fingerprint density at radius 2 is 1.38 bits per heavy atom. The molecule has 53 heavy (non-hydrogen) atoms. The highest BCUT2D eigenvalue weighted by Crippen LogP contribution is 2.36. The molecular weight excluding hydrogens is 816 g/mol. The summed E-state index contributed by atoms with van der Waals surface area (Å²) in [4.78, 5) is 33.0.